The Kier molecular flexibility index (Phi) is 4.05. The van der Waals surface area contributed by atoms with Crippen LogP contribution in [0, 0.1) is 11.2 Å². The minimum Gasteiger partial charge on any atom is -0.350 e. The normalized spacial score (nSPS) is 30.5. The molecule has 0 radical (unpaired) electrons. The molecule has 2 aliphatic heterocycles. The molecular formula is C22H24FN3O3. The molecular weight excluding hydrogens is 373 g/mol. The van der Waals surface area contributed by atoms with Gasteiger partial charge in [-0.25, -0.2) is 4.39 Å². The van der Waals surface area contributed by atoms with E-state index in [-0.39, 0.29) is 41.1 Å². The van der Waals surface area contributed by atoms with Crippen LogP contribution in [0.3, 0.4) is 0 Å². The number of rotatable bonds is 2. The molecule has 2 bridgehead atoms. The highest BCUT2D eigenvalue weighted by molar-refractivity contribution is 5.93. The highest BCUT2D eigenvalue weighted by Gasteiger charge is 2.61. The molecule has 0 N–H and O–H groups in total. The molecule has 3 fully saturated rings. The molecule has 0 spiro atoms. The van der Waals surface area contributed by atoms with Gasteiger partial charge in [-0.2, -0.15) is 0 Å². The fraction of sp³-hybridized carbons (Fsp3) is 0.500. The van der Waals surface area contributed by atoms with Crippen LogP contribution in [0.1, 0.15) is 50.1 Å². The van der Waals surface area contributed by atoms with Crippen molar-refractivity contribution in [2.24, 2.45) is 5.41 Å². The van der Waals surface area contributed by atoms with Crippen molar-refractivity contribution in [3.05, 3.63) is 41.9 Å². The van der Waals surface area contributed by atoms with Crippen LogP contribution < -0.4 is 0 Å². The van der Waals surface area contributed by atoms with Gasteiger partial charge in [0.1, 0.15) is 11.5 Å². The smallest absolute Gasteiger partial charge is 0.292 e. The molecule has 2 aromatic rings. The maximum atomic E-state index is 14.1. The van der Waals surface area contributed by atoms with Crippen molar-refractivity contribution < 1.29 is 18.5 Å². The minimum absolute atomic E-state index is 0.0368. The van der Waals surface area contributed by atoms with Gasteiger partial charge in [-0.15, -0.1) is 0 Å². The third kappa shape index (κ3) is 2.63. The summed E-state index contributed by atoms with van der Waals surface area (Å²) in [5, 5.41) is 3.93. The SMILES string of the molecule is CC(=O)N1[C@@H]2CN(C(=O)c3cc(-c4ccccc4F)no3)[C@@H]3CCC[C@H]1[C@]3(C)C2. The third-order valence-corrected chi connectivity index (χ3v) is 7.16. The first-order valence-electron chi connectivity index (χ1n) is 10.2. The molecule has 2 saturated heterocycles. The van der Waals surface area contributed by atoms with E-state index in [0.29, 0.717) is 17.8 Å². The lowest BCUT2D eigenvalue weighted by atomic mass is 9.65. The number of nitrogens with zero attached hydrogens (tertiary/aromatic N) is 3. The van der Waals surface area contributed by atoms with Crippen molar-refractivity contribution in [1.29, 1.82) is 0 Å². The van der Waals surface area contributed by atoms with Gasteiger partial charge < -0.3 is 14.3 Å². The molecule has 3 aliphatic rings. The van der Waals surface area contributed by atoms with Gasteiger partial charge in [0.2, 0.25) is 11.7 Å². The number of piperidine rings is 1. The average Bonchev–Trinajstić information content (AvgIpc) is 3.27. The van der Waals surface area contributed by atoms with Crippen LogP contribution in [0.15, 0.2) is 34.9 Å². The number of likely N-dealkylation sites (tertiary alicyclic amines) is 2. The lowest BCUT2D eigenvalue weighted by Gasteiger charge is -2.49. The van der Waals surface area contributed by atoms with Crippen molar-refractivity contribution in [2.75, 3.05) is 6.54 Å². The third-order valence-electron chi connectivity index (χ3n) is 7.16. The maximum absolute atomic E-state index is 14.1. The number of fused-ring (bicyclic) bond motifs is 1. The molecule has 1 aromatic carbocycles. The molecule has 6 nitrogen and oxygen atoms in total. The fourth-order valence-corrected chi connectivity index (χ4v) is 6.01. The Bertz CT molecular complexity index is 989. The molecule has 1 aliphatic carbocycles. The summed E-state index contributed by atoms with van der Waals surface area (Å²) in [4.78, 5) is 29.6. The second-order valence-corrected chi connectivity index (χ2v) is 8.77. The van der Waals surface area contributed by atoms with E-state index in [0.717, 1.165) is 25.7 Å². The second kappa shape index (κ2) is 6.40. The predicted molar refractivity (Wildman–Crippen MR) is 103 cm³/mol. The van der Waals surface area contributed by atoms with Crippen molar-refractivity contribution in [1.82, 2.24) is 15.0 Å². The van der Waals surface area contributed by atoms with Gasteiger partial charge in [0.05, 0.1) is 6.04 Å². The molecule has 0 unspecified atom stereocenters. The zero-order valence-electron chi connectivity index (χ0n) is 16.6. The van der Waals surface area contributed by atoms with E-state index in [2.05, 4.69) is 12.1 Å². The number of aromatic nitrogens is 1. The molecule has 2 amide bonds. The van der Waals surface area contributed by atoms with Crippen LogP contribution in [0.2, 0.25) is 0 Å². The Labute approximate surface area is 168 Å². The van der Waals surface area contributed by atoms with E-state index in [1.165, 1.54) is 12.1 Å². The number of hydrogen-bond donors (Lipinski definition) is 0. The zero-order chi connectivity index (χ0) is 20.3. The number of hydrogen-bond acceptors (Lipinski definition) is 4. The van der Waals surface area contributed by atoms with Gasteiger partial charge >= 0.3 is 0 Å². The summed E-state index contributed by atoms with van der Waals surface area (Å²) < 4.78 is 19.4. The second-order valence-electron chi connectivity index (χ2n) is 8.77. The largest absolute Gasteiger partial charge is 0.350 e. The van der Waals surface area contributed by atoms with E-state index in [4.69, 9.17) is 4.52 Å². The first kappa shape index (κ1) is 18.3. The number of amides is 2. The fourth-order valence-electron chi connectivity index (χ4n) is 6.01. The van der Waals surface area contributed by atoms with E-state index in [9.17, 15) is 14.0 Å². The Hall–Kier alpha value is -2.70. The first-order valence-corrected chi connectivity index (χ1v) is 10.2. The van der Waals surface area contributed by atoms with Gasteiger partial charge in [0.25, 0.3) is 5.91 Å². The monoisotopic (exact) mass is 397 g/mol. The summed E-state index contributed by atoms with van der Waals surface area (Å²) >= 11 is 0. The first-order chi connectivity index (χ1) is 13.9. The molecule has 7 heteroatoms. The van der Waals surface area contributed by atoms with Gasteiger partial charge in [-0.1, -0.05) is 24.2 Å². The topological polar surface area (TPSA) is 66.7 Å². The highest BCUT2D eigenvalue weighted by Crippen LogP contribution is 2.54. The average molecular weight is 397 g/mol. The molecule has 5 rings (SSSR count). The van der Waals surface area contributed by atoms with E-state index in [1.807, 2.05) is 9.80 Å². The standard InChI is InChI=1S/C22H24FN3O3/c1-13(27)26-14-11-22(2)19(8-5-9-20(22)26)25(12-14)21(28)18-10-17(24-29-18)15-6-3-4-7-16(15)23/h3-4,6-7,10,14,19-20H,5,8-9,11-12H2,1-2H3/t14-,19+,20-,22+/m0/s1. The van der Waals surface area contributed by atoms with Crippen LogP contribution in [0.4, 0.5) is 4.39 Å². The molecule has 29 heavy (non-hydrogen) atoms. The minimum atomic E-state index is -0.407. The van der Waals surface area contributed by atoms with Gasteiger partial charge in [-0.3, -0.25) is 9.59 Å². The van der Waals surface area contributed by atoms with Crippen LogP contribution in [0.25, 0.3) is 11.3 Å². The van der Waals surface area contributed by atoms with Crippen LogP contribution >= 0.6 is 0 Å². The van der Waals surface area contributed by atoms with E-state index >= 15 is 0 Å². The van der Waals surface area contributed by atoms with Crippen molar-refractivity contribution in [3.63, 3.8) is 0 Å². The summed E-state index contributed by atoms with van der Waals surface area (Å²) in [7, 11) is 0. The molecule has 1 aromatic heterocycles. The molecule has 1 saturated carbocycles. The van der Waals surface area contributed by atoms with Crippen molar-refractivity contribution in [3.8, 4) is 11.3 Å². The summed E-state index contributed by atoms with van der Waals surface area (Å²) in [5.41, 5.74) is 0.516. The quantitative estimate of drug-likeness (QED) is 0.778. The highest BCUT2D eigenvalue weighted by atomic mass is 19.1. The summed E-state index contributed by atoms with van der Waals surface area (Å²) in [6.45, 7) is 4.34. The molecule has 152 valence electrons. The molecule has 3 heterocycles. The number of benzene rings is 1. The summed E-state index contributed by atoms with van der Waals surface area (Å²) in [5.74, 6) is -0.438. The summed E-state index contributed by atoms with van der Waals surface area (Å²) in [6, 6.07) is 8.10. The summed E-state index contributed by atoms with van der Waals surface area (Å²) in [6.07, 6.45) is 3.83. The number of carbonyl (C=O) groups excluding carboxylic acids is 2. The predicted octanol–water partition coefficient (Wildman–Crippen LogP) is 3.48. The van der Waals surface area contributed by atoms with Gasteiger partial charge in [0.15, 0.2) is 0 Å². The number of carbonyl (C=O) groups is 2. The van der Waals surface area contributed by atoms with Crippen molar-refractivity contribution in [2.45, 2.75) is 57.7 Å². The Morgan fingerprint density at radius 3 is 2.76 bits per heavy atom. The Morgan fingerprint density at radius 2 is 2.00 bits per heavy atom. The Morgan fingerprint density at radius 1 is 1.24 bits per heavy atom. The Balaban J connectivity index is 1.47. The van der Waals surface area contributed by atoms with Crippen LogP contribution in [-0.4, -0.2) is 51.4 Å². The van der Waals surface area contributed by atoms with E-state index < -0.39 is 5.82 Å². The van der Waals surface area contributed by atoms with Gasteiger partial charge in [-0.05, 0) is 37.8 Å². The molecule has 4 atom stereocenters. The van der Waals surface area contributed by atoms with Gasteiger partial charge in [0, 0.05) is 42.6 Å². The lowest BCUT2D eigenvalue weighted by Crippen LogP contribution is -2.57. The van der Waals surface area contributed by atoms with Crippen LogP contribution in [0.5, 0.6) is 0 Å². The number of halogens is 1. The van der Waals surface area contributed by atoms with Crippen LogP contribution in [-0.2, 0) is 4.79 Å². The van der Waals surface area contributed by atoms with E-state index in [1.54, 1.807) is 25.1 Å². The zero-order valence-corrected chi connectivity index (χ0v) is 16.6. The maximum Gasteiger partial charge on any atom is 0.292 e. The lowest BCUT2D eigenvalue weighted by molar-refractivity contribution is -0.132. The van der Waals surface area contributed by atoms with Crippen molar-refractivity contribution >= 4 is 11.8 Å².